The van der Waals surface area contributed by atoms with E-state index in [-0.39, 0.29) is 0 Å². The van der Waals surface area contributed by atoms with Crippen molar-refractivity contribution in [3.05, 3.63) is 29.8 Å². The quantitative estimate of drug-likeness (QED) is 0.778. The molecule has 2 aliphatic rings. The molecule has 0 aliphatic carbocycles. The van der Waals surface area contributed by atoms with Gasteiger partial charge in [-0.15, -0.1) is 0 Å². The van der Waals surface area contributed by atoms with Crippen molar-refractivity contribution in [2.45, 2.75) is 23.6 Å². The number of para-hydroxylation sites is 1. The monoisotopic (exact) mass is 295 g/mol. The second-order valence-corrected chi connectivity index (χ2v) is 6.31. The zero-order chi connectivity index (χ0) is 11.7. The topological polar surface area (TPSA) is 12.5 Å². The summed E-state index contributed by atoms with van der Waals surface area (Å²) in [5.41, 5.74) is 1.40. The van der Waals surface area contributed by atoms with Crippen LogP contribution in [-0.2, 0) is 0 Å². The molecule has 2 heterocycles. The molecule has 0 spiro atoms. The van der Waals surface area contributed by atoms with E-state index in [9.17, 15) is 0 Å². The van der Waals surface area contributed by atoms with Crippen LogP contribution in [0.1, 0.15) is 24.3 Å². The molecule has 1 fully saturated rings. The predicted molar refractivity (Wildman–Crippen MR) is 73.1 cm³/mol. The summed E-state index contributed by atoms with van der Waals surface area (Å²) >= 11 is 3.71. The van der Waals surface area contributed by atoms with E-state index in [0.29, 0.717) is 10.7 Å². The average Bonchev–Trinajstić information content (AvgIpc) is 2.75. The summed E-state index contributed by atoms with van der Waals surface area (Å²) < 4.78 is 5.71. The van der Waals surface area contributed by atoms with Gasteiger partial charge < -0.3 is 9.64 Å². The van der Waals surface area contributed by atoms with Crippen LogP contribution in [0.25, 0.3) is 0 Å². The number of ether oxygens (including phenoxy) is 1. The normalized spacial score (nSPS) is 28.8. The smallest absolute Gasteiger partial charge is 0.122 e. The molecule has 0 aromatic heterocycles. The summed E-state index contributed by atoms with van der Waals surface area (Å²) in [5.74, 6) is 1.75. The third kappa shape index (κ3) is 2.50. The van der Waals surface area contributed by atoms with Gasteiger partial charge in [0.05, 0.1) is 6.61 Å². The number of fused-ring (bicyclic) bond motifs is 1. The molecular formula is C14H18BrNO. The summed E-state index contributed by atoms with van der Waals surface area (Å²) in [7, 11) is 0. The van der Waals surface area contributed by atoms with Gasteiger partial charge >= 0.3 is 0 Å². The highest BCUT2D eigenvalue weighted by Gasteiger charge is 2.26. The highest BCUT2D eigenvalue weighted by atomic mass is 79.9. The summed E-state index contributed by atoms with van der Waals surface area (Å²) in [5, 5.41) is 0. The maximum absolute atomic E-state index is 5.71. The molecule has 1 aromatic carbocycles. The molecule has 3 heteroatoms. The first-order valence-corrected chi connectivity index (χ1v) is 7.32. The number of alkyl halides is 1. The van der Waals surface area contributed by atoms with Crippen molar-refractivity contribution < 1.29 is 4.74 Å². The van der Waals surface area contributed by atoms with Gasteiger partial charge in [0.25, 0.3) is 0 Å². The molecule has 0 saturated carbocycles. The van der Waals surface area contributed by atoms with Gasteiger partial charge in [-0.05, 0) is 31.0 Å². The van der Waals surface area contributed by atoms with Gasteiger partial charge in [-0.1, -0.05) is 34.1 Å². The summed E-state index contributed by atoms with van der Waals surface area (Å²) in [6.07, 6.45) is 2.44. The van der Waals surface area contributed by atoms with Crippen molar-refractivity contribution in [3.63, 3.8) is 0 Å². The standard InChI is InChI=1S/C14H18BrNO/c15-12-5-7-16(10-12)9-11-6-8-17-14-4-2-1-3-13(11)14/h1-4,11-12H,5-10H2. The average molecular weight is 296 g/mol. The van der Waals surface area contributed by atoms with Crippen LogP contribution in [0.3, 0.4) is 0 Å². The van der Waals surface area contributed by atoms with E-state index in [2.05, 4.69) is 45.1 Å². The van der Waals surface area contributed by atoms with Crippen molar-refractivity contribution >= 4 is 15.9 Å². The molecule has 0 bridgehead atoms. The van der Waals surface area contributed by atoms with Crippen molar-refractivity contribution in [2.75, 3.05) is 26.2 Å². The van der Waals surface area contributed by atoms with E-state index in [4.69, 9.17) is 4.74 Å². The minimum atomic E-state index is 0.651. The van der Waals surface area contributed by atoms with Crippen LogP contribution in [0, 0.1) is 0 Å². The summed E-state index contributed by atoms with van der Waals surface area (Å²) in [6, 6.07) is 8.50. The molecule has 92 valence electrons. The Kier molecular flexibility index (Phi) is 3.39. The van der Waals surface area contributed by atoms with Crippen LogP contribution in [-0.4, -0.2) is 36.0 Å². The second-order valence-electron chi connectivity index (χ2n) is 5.02. The lowest BCUT2D eigenvalue weighted by Crippen LogP contribution is -2.29. The Balaban J connectivity index is 1.72. The Bertz CT molecular complexity index is 396. The lowest BCUT2D eigenvalue weighted by atomic mass is 9.93. The minimum Gasteiger partial charge on any atom is -0.493 e. The van der Waals surface area contributed by atoms with Gasteiger partial charge in [0, 0.05) is 23.8 Å². The van der Waals surface area contributed by atoms with E-state index < -0.39 is 0 Å². The van der Waals surface area contributed by atoms with E-state index in [1.165, 1.54) is 31.6 Å². The van der Waals surface area contributed by atoms with Crippen LogP contribution in [0.2, 0.25) is 0 Å². The number of halogens is 1. The third-order valence-electron chi connectivity index (χ3n) is 3.78. The first kappa shape index (κ1) is 11.5. The van der Waals surface area contributed by atoms with Crippen LogP contribution in [0.5, 0.6) is 5.75 Å². The van der Waals surface area contributed by atoms with E-state index in [0.717, 1.165) is 18.8 Å². The number of benzene rings is 1. The fourth-order valence-corrected chi connectivity index (χ4v) is 3.48. The van der Waals surface area contributed by atoms with Gasteiger partial charge in [0.1, 0.15) is 5.75 Å². The number of rotatable bonds is 2. The van der Waals surface area contributed by atoms with Gasteiger partial charge in [0.2, 0.25) is 0 Å². The molecule has 1 saturated heterocycles. The fraction of sp³-hybridized carbons (Fsp3) is 0.571. The fourth-order valence-electron chi connectivity index (χ4n) is 2.87. The number of likely N-dealkylation sites (tertiary alicyclic amines) is 1. The Morgan fingerprint density at radius 1 is 1.29 bits per heavy atom. The molecular weight excluding hydrogens is 278 g/mol. The molecule has 1 aromatic rings. The van der Waals surface area contributed by atoms with Crippen LogP contribution in [0.15, 0.2) is 24.3 Å². The minimum absolute atomic E-state index is 0.651. The van der Waals surface area contributed by atoms with Crippen molar-refractivity contribution in [1.82, 2.24) is 4.90 Å². The van der Waals surface area contributed by atoms with Crippen molar-refractivity contribution in [2.24, 2.45) is 0 Å². The number of nitrogens with zero attached hydrogens (tertiary/aromatic N) is 1. The lowest BCUT2D eigenvalue weighted by molar-refractivity contribution is 0.232. The molecule has 2 aliphatic heterocycles. The van der Waals surface area contributed by atoms with Gasteiger partial charge in [0.15, 0.2) is 0 Å². The zero-order valence-corrected chi connectivity index (χ0v) is 11.5. The maximum atomic E-state index is 5.71. The SMILES string of the molecule is BrC1CCN(CC2CCOc3ccccc32)C1. The summed E-state index contributed by atoms with van der Waals surface area (Å²) in [6.45, 7) is 4.48. The van der Waals surface area contributed by atoms with E-state index >= 15 is 0 Å². The molecule has 0 radical (unpaired) electrons. The molecule has 0 N–H and O–H groups in total. The van der Waals surface area contributed by atoms with Crippen molar-refractivity contribution in [3.8, 4) is 5.75 Å². The molecule has 17 heavy (non-hydrogen) atoms. The summed E-state index contributed by atoms with van der Waals surface area (Å²) in [4.78, 5) is 3.27. The van der Waals surface area contributed by atoms with E-state index in [1.54, 1.807) is 0 Å². The van der Waals surface area contributed by atoms with Crippen LogP contribution < -0.4 is 4.74 Å². The number of hydrogen-bond donors (Lipinski definition) is 0. The Labute approximate surface area is 111 Å². The highest BCUT2D eigenvalue weighted by Crippen LogP contribution is 2.34. The predicted octanol–water partition coefficient (Wildman–Crippen LogP) is 3.02. The molecule has 3 rings (SSSR count). The highest BCUT2D eigenvalue weighted by molar-refractivity contribution is 9.09. The first-order chi connectivity index (χ1) is 8.33. The second kappa shape index (κ2) is 4.99. The van der Waals surface area contributed by atoms with Crippen molar-refractivity contribution in [1.29, 1.82) is 0 Å². The molecule has 2 nitrogen and oxygen atoms in total. The van der Waals surface area contributed by atoms with E-state index in [1.807, 2.05) is 0 Å². The van der Waals surface area contributed by atoms with Gasteiger partial charge in [-0.3, -0.25) is 0 Å². The molecule has 0 amide bonds. The van der Waals surface area contributed by atoms with Gasteiger partial charge in [-0.25, -0.2) is 0 Å². The number of hydrogen-bond acceptors (Lipinski definition) is 2. The zero-order valence-electron chi connectivity index (χ0n) is 9.94. The van der Waals surface area contributed by atoms with Gasteiger partial charge in [-0.2, -0.15) is 0 Å². The third-order valence-corrected chi connectivity index (χ3v) is 4.52. The Hall–Kier alpha value is -0.540. The first-order valence-electron chi connectivity index (χ1n) is 6.41. The Morgan fingerprint density at radius 3 is 3.00 bits per heavy atom. The Morgan fingerprint density at radius 2 is 2.18 bits per heavy atom. The largest absolute Gasteiger partial charge is 0.493 e. The van der Waals surface area contributed by atoms with Crippen LogP contribution in [0.4, 0.5) is 0 Å². The lowest BCUT2D eigenvalue weighted by Gasteiger charge is -2.29. The molecule has 2 unspecified atom stereocenters. The molecule has 2 atom stereocenters. The van der Waals surface area contributed by atoms with Crippen LogP contribution >= 0.6 is 15.9 Å². The maximum Gasteiger partial charge on any atom is 0.122 e.